The number of hydrogen-bond acceptors (Lipinski definition) is 5. The minimum absolute atomic E-state index is 0.467. The largest absolute Gasteiger partial charge is 0.308 e. The number of thiophene rings is 1. The lowest BCUT2D eigenvalue weighted by atomic mass is 9.73. The Balaban J connectivity index is 1.96. The van der Waals surface area contributed by atoms with E-state index >= 15 is 0 Å². The Bertz CT molecular complexity index is 622. The summed E-state index contributed by atoms with van der Waals surface area (Å²) in [5.41, 5.74) is 3.20. The SMILES string of the molecule is Cc1cc2c(NN)nc(C3CCC(C)(C)CC3)nc2s1. The highest BCUT2D eigenvalue weighted by atomic mass is 32.1. The van der Waals surface area contributed by atoms with E-state index in [0.717, 1.165) is 21.9 Å². The van der Waals surface area contributed by atoms with Crippen LogP contribution in [0.25, 0.3) is 10.2 Å². The molecule has 3 N–H and O–H groups in total. The minimum Gasteiger partial charge on any atom is -0.308 e. The van der Waals surface area contributed by atoms with Crippen LogP contribution >= 0.6 is 11.3 Å². The normalized spacial score (nSPS) is 19.4. The second-order valence-electron chi connectivity index (χ2n) is 6.59. The fourth-order valence-corrected chi connectivity index (χ4v) is 3.89. The first-order valence-corrected chi connectivity index (χ1v) is 8.05. The molecule has 2 aromatic rings. The number of hydrogen-bond donors (Lipinski definition) is 2. The zero-order chi connectivity index (χ0) is 14.3. The molecule has 108 valence electrons. The molecule has 2 aromatic heterocycles. The molecule has 1 saturated carbocycles. The van der Waals surface area contributed by atoms with Crippen LogP contribution in [0.15, 0.2) is 6.07 Å². The summed E-state index contributed by atoms with van der Waals surface area (Å²) in [7, 11) is 0. The van der Waals surface area contributed by atoms with Crippen molar-refractivity contribution >= 4 is 27.4 Å². The van der Waals surface area contributed by atoms with E-state index in [-0.39, 0.29) is 0 Å². The van der Waals surface area contributed by atoms with E-state index < -0.39 is 0 Å². The van der Waals surface area contributed by atoms with Crippen LogP contribution in [0.3, 0.4) is 0 Å². The molecule has 0 saturated heterocycles. The van der Waals surface area contributed by atoms with Crippen molar-refractivity contribution in [1.29, 1.82) is 0 Å². The first kappa shape index (κ1) is 13.8. The Morgan fingerprint density at radius 1 is 1.30 bits per heavy atom. The Morgan fingerprint density at radius 3 is 2.65 bits per heavy atom. The van der Waals surface area contributed by atoms with Crippen molar-refractivity contribution in [3.8, 4) is 0 Å². The van der Waals surface area contributed by atoms with E-state index in [0.29, 0.717) is 11.3 Å². The predicted octanol–water partition coefficient (Wildman–Crippen LogP) is 3.97. The van der Waals surface area contributed by atoms with Gasteiger partial charge in [-0.25, -0.2) is 15.8 Å². The Morgan fingerprint density at radius 2 is 2.00 bits per heavy atom. The Labute approximate surface area is 123 Å². The molecule has 0 spiro atoms. The number of nitrogens with two attached hydrogens (primary N) is 1. The fourth-order valence-electron chi connectivity index (χ4n) is 3.01. The summed E-state index contributed by atoms with van der Waals surface area (Å²) < 4.78 is 0. The van der Waals surface area contributed by atoms with Crippen LogP contribution in [-0.4, -0.2) is 9.97 Å². The van der Waals surface area contributed by atoms with Crippen molar-refractivity contribution in [3.05, 3.63) is 16.8 Å². The molecule has 0 aliphatic heterocycles. The van der Waals surface area contributed by atoms with Crippen molar-refractivity contribution in [2.75, 3.05) is 5.43 Å². The molecule has 0 atom stereocenters. The highest BCUT2D eigenvalue weighted by molar-refractivity contribution is 7.18. The van der Waals surface area contributed by atoms with E-state index in [1.54, 1.807) is 11.3 Å². The number of aromatic nitrogens is 2. The van der Waals surface area contributed by atoms with Crippen molar-refractivity contribution < 1.29 is 0 Å². The third-order valence-corrected chi connectivity index (χ3v) is 5.32. The smallest absolute Gasteiger partial charge is 0.152 e. The van der Waals surface area contributed by atoms with Crippen molar-refractivity contribution in [3.63, 3.8) is 0 Å². The zero-order valence-electron chi connectivity index (χ0n) is 12.4. The average Bonchev–Trinajstić information content (AvgIpc) is 2.77. The van der Waals surface area contributed by atoms with Crippen LogP contribution in [0.1, 0.15) is 56.2 Å². The highest BCUT2D eigenvalue weighted by Crippen LogP contribution is 2.42. The van der Waals surface area contributed by atoms with Gasteiger partial charge in [0, 0.05) is 10.8 Å². The summed E-state index contributed by atoms with van der Waals surface area (Å²) in [6.45, 7) is 6.79. The molecule has 0 radical (unpaired) electrons. The molecule has 0 amide bonds. The summed E-state index contributed by atoms with van der Waals surface area (Å²) >= 11 is 1.71. The van der Waals surface area contributed by atoms with Gasteiger partial charge in [-0.3, -0.25) is 0 Å². The monoisotopic (exact) mass is 290 g/mol. The topological polar surface area (TPSA) is 63.8 Å². The molecule has 1 aliphatic carbocycles. The third kappa shape index (κ3) is 2.52. The van der Waals surface area contributed by atoms with Gasteiger partial charge in [-0.05, 0) is 44.1 Å². The molecule has 2 heterocycles. The lowest BCUT2D eigenvalue weighted by Gasteiger charge is -2.33. The number of hydrazine groups is 1. The number of nitrogen functional groups attached to an aromatic ring is 1. The van der Waals surface area contributed by atoms with Gasteiger partial charge in [0.05, 0.1) is 5.39 Å². The maximum absolute atomic E-state index is 5.63. The van der Waals surface area contributed by atoms with Crippen LogP contribution in [0.4, 0.5) is 5.82 Å². The van der Waals surface area contributed by atoms with Gasteiger partial charge in [0.25, 0.3) is 0 Å². The van der Waals surface area contributed by atoms with Gasteiger partial charge >= 0.3 is 0 Å². The lowest BCUT2D eigenvalue weighted by Crippen LogP contribution is -2.22. The molecule has 0 aromatic carbocycles. The number of fused-ring (bicyclic) bond motifs is 1. The minimum atomic E-state index is 0.467. The second-order valence-corrected chi connectivity index (χ2v) is 7.82. The summed E-state index contributed by atoms with van der Waals surface area (Å²) in [4.78, 5) is 11.7. The average molecular weight is 290 g/mol. The van der Waals surface area contributed by atoms with Crippen molar-refractivity contribution in [1.82, 2.24) is 9.97 Å². The molecule has 1 fully saturated rings. The number of anilines is 1. The molecule has 0 unspecified atom stereocenters. The number of nitrogens with zero attached hydrogens (tertiary/aromatic N) is 2. The maximum atomic E-state index is 5.63. The first-order chi connectivity index (χ1) is 9.48. The Kier molecular flexibility index (Phi) is 3.42. The summed E-state index contributed by atoms with van der Waals surface area (Å²) in [6, 6.07) is 2.10. The van der Waals surface area contributed by atoms with Gasteiger partial charge in [0.15, 0.2) is 5.82 Å². The summed E-state index contributed by atoms with van der Waals surface area (Å²) in [6.07, 6.45) is 4.83. The van der Waals surface area contributed by atoms with E-state index in [1.807, 2.05) is 0 Å². The molecule has 4 nitrogen and oxygen atoms in total. The van der Waals surface area contributed by atoms with Crippen LogP contribution < -0.4 is 11.3 Å². The van der Waals surface area contributed by atoms with E-state index in [1.165, 1.54) is 30.6 Å². The van der Waals surface area contributed by atoms with Gasteiger partial charge in [-0.1, -0.05) is 13.8 Å². The molecular weight excluding hydrogens is 268 g/mol. The highest BCUT2D eigenvalue weighted by Gasteiger charge is 2.29. The zero-order valence-corrected chi connectivity index (χ0v) is 13.2. The first-order valence-electron chi connectivity index (χ1n) is 7.23. The molecule has 0 bridgehead atoms. The predicted molar refractivity (Wildman–Crippen MR) is 85.0 cm³/mol. The number of nitrogens with one attached hydrogen (secondary N) is 1. The third-order valence-electron chi connectivity index (χ3n) is 4.37. The molecular formula is C15H22N4S. The molecule has 3 rings (SSSR count). The van der Waals surface area contributed by atoms with Gasteiger partial charge in [-0.15, -0.1) is 11.3 Å². The van der Waals surface area contributed by atoms with Crippen LogP contribution in [0.5, 0.6) is 0 Å². The fraction of sp³-hybridized carbons (Fsp3) is 0.600. The lowest BCUT2D eigenvalue weighted by molar-refractivity contribution is 0.221. The van der Waals surface area contributed by atoms with Gasteiger partial charge in [0.2, 0.25) is 0 Å². The van der Waals surface area contributed by atoms with Gasteiger partial charge in [0.1, 0.15) is 10.7 Å². The van der Waals surface area contributed by atoms with Crippen LogP contribution in [0, 0.1) is 12.3 Å². The van der Waals surface area contributed by atoms with Crippen LogP contribution in [0.2, 0.25) is 0 Å². The van der Waals surface area contributed by atoms with E-state index in [2.05, 4.69) is 37.2 Å². The van der Waals surface area contributed by atoms with Crippen LogP contribution in [-0.2, 0) is 0 Å². The number of rotatable bonds is 2. The van der Waals surface area contributed by atoms with Crippen molar-refractivity contribution in [2.45, 2.75) is 52.4 Å². The molecule has 20 heavy (non-hydrogen) atoms. The second kappa shape index (κ2) is 4.97. The van der Waals surface area contributed by atoms with Crippen molar-refractivity contribution in [2.24, 2.45) is 11.3 Å². The quantitative estimate of drug-likeness (QED) is 0.649. The summed E-state index contributed by atoms with van der Waals surface area (Å²) in [5, 5.41) is 1.04. The molecule has 1 aliphatic rings. The van der Waals surface area contributed by atoms with E-state index in [4.69, 9.17) is 10.8 Å². The summed E-state index contributed by atoms with van der Waals surface area (Å²) in [5.74, 6) is 7.83. The van der Waals surface area contributed by atoms with Gasteiger partial charge in [-0.2, -0.15) is 0 Å². The maximum Gasteiger partial charge on any atom is 0.152 e. The standard InChI is InChI=1S/C15H22N4S/c1-9-8-11-13(19-16)17-12(18-14(11)20-9)10-4-6-15(2,3)7-5-10/h8,10H,4-7,16H2,1-3H3,(H,17,18,19). The Hall–Kier alpha value is -1.20. The van der Waals surface area contributed by atoms with E-state index in [9.17, 15) is 0 Å². The molecule has 5 heteroatoms. The van der Waals surface area contributed by atoms with Gasteiger partial charge < -0.3 is 5.43 Å². The number of aryl methyl sites for hydroxylation is 1.